The zero-order chi connectivity index (χ0) is 20.3. The summed E-state index contributed by atoms with van der Waals surface area (Å²) in [6.07, 6.45) is 5.28. The van der Waals surface area contributed by atoms with E-state index in [1.165, 1.54) is 4.90 Å². The lowest BCUT2D eigenvalue weighted by Crippen LogP contribution is -2.40. The Hall–Kier alpha value is -2.76. The zero-order valence-corrected chi connectivity index (χ0v) is 16.2. The van der Waals surface area contributed by atoms with Crippen molar-refractivity contribution in [2.24, 2.45) is 35.5 Å². The number of carbonyl (C=O) groups is 4. The molecule has 3 fully saturated rings. The Morgan fingerprint density at radius 3 is 2.17 bits per heavy atom. The van der Waals surface area contributed by atoms with E-state index < -0.39 is 5.97 Å². The third-order valence-corrected chi connectivity index (χ3v) is 7.03. The van der Waals surface area contributed by atoms with Gasteiger partial charge in [0.2, 0.25) is 11.8 Å². The average Bonchev–Trinajstić information content (AvgIpc) is 3.50. The van der Waals surface area contributed by atoms with Gasteiger partial charge in [0.25, 0.3) is 0 Å². The Kier molecular flexibility index (Phi) is 4.19. The number of aryl methyl sites for hydroxylation is 1. The number of ketones is 1. The second-order valence-corrected chi connectivity index (χ2v) is 8.68. The molecular formula is C23H23NO5. The molecular weight excluding hydrogens is 370 g/mol. The van der Waals surface area contributed by atoms with Crippen molar-refractivity contribution in [3.63, 3.8) is 0 Å². The molecule has 1 heterocycles. The largest absolute Gasteiger partial charge is 0.457 e. The summed E-state index contributed by atoms with van der Waals surface area (Å²) >= 11 is 0. The summed E-state index contributed by atoms with van der Waals surface area (Å²) in [5, 5.41) is 0. The molecule has 0 unspecified atom stereocenters. The van der Waals surface area contributed by atoms with Gasteiger partial charge in [-0.05, 0) is 37.0 Å². The molecule has 0 N–H and O–H groups in total. The van der Waals surface area contributed by atoms with Crippen LogP contribution in [-0.4, -0.2) is 41.6 Å². The Morgan fingerprint density at radius 1 is 1.00 bits per heavy atom. The monoisotopic (exact) mass is 393 g/mol. The number of carbonyl (C=O) groups excluding carboxylic acids is 4. The van der Waals surface area contributed by atoms with Gasteiger partial charge in [0.05, 0.1) is 18.3 Å². The number of hydrogen-bond acceptors (Lipinski definition) is 5. The molecule has 0 radical (unpaired) electrons. The topological polar surface area (TPSA) is 80.8 Å². The van der Waals surface area contributed by atoms with E-state index in [-0.39, 0.29) is 60.8 Å². The van der Waals surface area contributed by atoms with Crippen molar-refractivity contribution in [2.75, 3.05) is 13.2 Å². The Balaban J connectivity index is 1.15. The molecule has 6 heteroatoms. The van der Waals surface area contributed by atoms with Gasteiger partial charge in [-0.2, -0.15) is 0 Å². The molecule has 2 bridgehead atoms. The van der Waals surface area contributed by atoms with Crippen molar-refractivity contribution in [3.05, 3.63) is 47.5 Å². The van der Waals surface area contributed by atoms with Gasteiger partial charge < -0.3 is 4.74 Å². The first kappa shape index (κ1) is 18.3. The van der Waals surface area contributed by atoms with Gasteiger partial charge in [-0.15, -0.1) is 0 Å². The van der Waals surface area contributed by atoms with Crippen LogP contribution in [0.2, 0.25) is 0 Å². The second kappa shape index (κ2) is 6.65. The number of Topliss-reactive ketones (excluding diaryl/α,β-unsaturated/α-hetero) is 1. The molecule has 0 aromatic heterocycles. The molecule has 6 nitrogen and oxygen atoms in total. The number of likely N-dealkylation sites (tertiary alicyclic amines) is 1. The summed E-state index contributed by atoms with van der Waals surface area (Å²) in [6, 6.07) is 7.04. The van der Waals surface area contributed by atoms with E-state index in [1.807, 2.05) is 19.1 Å². The lowest BCUT2D eigenvalue weighted by molar-refractivity contribution is -0.145. The van der Waals surface area contributed by atoms with Crippen molar-refractivity contribution in [1.82, 2.24) is 4.90 Å². The number of allylic oxidation sites excluding steroid dienone is 2. The minimum atomic E-state index is -0.579. The maximum absolute atomic E-state index is 12.9. The summed E-state index contributed by atoms with van der Waals surface area (Å²) in [6.45, 7) is 1.61. The molecule has 5 aliphatic rings. The molecule has 2 saturated carbocycles. The van der Waals surface area contributed by atoms with Gasteiger partial charge in [0.1, 0.15) is 0 Å². The standard InChI is InChI=1S/C23H23NO5/c1-12-2-4-13(5-3-12)18(25)11-29-19(26)8-9-24-22(27)20-14-6-7-15(17-10-16(14)17)21(20)23(24)28/h2-7,14-17,20-21H,8-11H2,1H3/t14-,15+,16-,17-,20-,21+/m1/s1. The average molecular weight is 393 g/mol. The van der Waals surface area contributed by atoms with Gasteiger partial charge in [0.15, 0.2) is 12.4 Å². The van der Waals surface area contributed by atoms with E-state index in [4.69, 9.17) is 4.74 Å². The maximum atomic E-state index is 12.9. The SMILES string of the molecule is Cc1ccc(C(=O)COC(=O)CCN2C(=O)[C@@H]3[C@@H]4C=C[C@@H]([C@H]5C[C@H]45)[C@@H]3C2=O)cc1. The zero-order valence-electron chi connectivity index (χ0n) is 16.2. The number of hydrogen-bond donors (Lipinski definition) is 0. The Bertz CT molecular complexity index is 897. The van der Waals surface area contributed by atoms with Crippen molar-refractivity contribution in [3.8, 4) is 0 Å². The molecule has 2 amide bonds. The molecule has 6 rings (SSSR count). The van der Waals surface area contributed by atoms with Crippen molar-refractivity contribution >= 4 is 23.6 Å². The third-order valence-electron chi connectivity index (χ3n) is 7.03. The van der Waals surface area contributed by atoms with E-state index in [9.17, 15) is 19.2 Å². The van der Waals surface area contributed by atoms with Gasteiger partial charge in [-0.25, -0.2) is 0 Å². The molecule has 6 atom stereocenters. The van der Waals surface area contributed by atoms with Crippen LogP contribution >= 0.6 is 0 Å². The van der Waals surface area contributed by atoms with Crippen LogP contribution in [0.1, 0.15) is 28.8 Å². The molecule has 150 valence electrons. The number of esters is 1. The van der Waals surface area contributed by atoms with Crippen LogP contribution in [0, 0.1) is 42.4 Å². The predicted octanol–water partition coefficient (Wildman–Crippen LogP) is 2.16. The maximum Gasteiger partial charge on any atom is 0.308 e. The summed E-state index contributed by atoms with van der Waals surface area (Å²) in [7, 11) is 0. The first-order chi connectivity index (χ1) is 14.0. The van der Waals surface area contributed by atoms with Crippen LogP contribution in [0.5, 0.6) is 0 Å². The highest BCUT2D eigenvalue weighted by Crippen LogP contribution is 2.65. The summed E-state index contributed by atoms with van der Waals surface area (Å²) in [4.78, 5) is 51.2. The highest BCUT2D eigenvalue weighted by atomic mass is 16.5. The minimum absolute atomic E-state index is 0.0248. The number of amides is 2. The third kappa shape index (κ3) is 2.93. The fourth-order valence-corrected chi connectivity index (χ4v) is 5.48. The van der Waals surface area contributed by atoms with Gasteiger partial charge in [-0.1, -0.05) is 42.0 Å². The Labute approximate surface area is 168 Å². The first-order valence-corrected chi connectivity index (χ1v) is 10.2. The fraction of sp³-hybridized carbons (Fsp3) is 0.478. The summed E-state index contributed by atoms with van der Waals surface area (Å²) in [5.41, 5.74) is 1.53. The van der Waals surface area contributed by atoms with E-state index in [1.54, 1.807) is 12.1 Å². The van der Waals surface area contributed by atoms with Gasteiger partial charge >= 0.3 is 5.97 Å². The molecule has 29 heavy (non-hydrogen) atoms. The second-order valence-electron chi connectivity index (χ2n) is 8.68. The van der Waals surface area contributed by atoms with E-state index in [0.29, 0.717) is 17.4 Å². The Morgan fingerprint density at radius 2 is 1.59 bits per heavy atom. The number of nitrogens with zero attached hydrogens (tertiary/aromatic N) is 1. The summed E-state index contributed by atoms with van der Waals surface area (Å²) < 4.78 is 5.07. The van der Waals surface area contributed by atoms with Gasteiger partial charge in [-0.3, -0.25) is 24.1 Å². The minimum Gasteiger partial charge on any atom is -0.457 e. The number of imide groups is 1. The van der Waals surface area contributed by atoms with Gasteiger partial charge in [0, 0.05) is 12.1 Å². The smallest absolute Gasteiger partial charge is 0.308 e. The first-order valence-electron chi connectivity index (χ1n) is 10.2. The molecule has 1 saturated heterocycles. The highest BCUT2D eigenvalue weighted by molar-refractivity contribution is 6.06. The van der Waals surface area contributed by atoms with Crippen LogP contribution in [-0.2, 0) is 19.1 Å². The molecule has 0 spiro atoms. The predicted molar refractivity (Wildman–Crippen MR) is 103 cm³/mol. The molecule has 1 aliphatic heterocycles. The quantitative estimate of drug-likeness (QED) is 0.320. The molecule has 1 aromatic rings. The number of ether oxygens (including phenoxy) is 1. The lowest BCUT2D eigenvalue weighted by atomic mass is 9.63. The van der Waals surface area contributed by atoms with Crippen LogP contribution in [0.4, 0.5) is 0 Å². The lowest BCUT2D eigenvalue weighted by Gasteiger charge is -2.37. The van der Waals surface area contributed by atoms with Crippen LogP contribution in [0.25, 0.3) is 0 Å². The fourth-order valence-electron chi connectivity index (χ4n) is 5.48. The van der Waals surface area contributed by atoms with E-state index >= 15 is 0 Å². The van der Waals surface area contributed by atoms with Crippen LogP contribution in [0.3, 0.4) is 0 Å². The van der Waals surface area contributed by atoms with Crippen molar-refractivity contribution in [2.45, 2.75) is 19.8 Å². The van der Waals surface area contributed by atoms with Crippen molar-refractivity contribution < 1.29 is 23.9 Å². The number of rotatable bonds is 6. The number of benzene rings is 1. The molecule has 4 aliphatic carbocycles. The van der Waals surface area contributed by atoms with E-state index in [0.717, 1.165) is 12.0 Å². The highest BCUT2D eigenvalue weighted by Gasteiger charge is 2.66. The van der Waals surface area contributed by atoms with Crippen LogP contribution < -0.4 is 0 Å². The van der Waals surface area contributed by atoms with Crippen molar-refractivity contribution in [1.29, 1.82) is 0 Å². The normalized spacial score (nSPS) is 33.5. The van der Waals surface area contributed by atoms with E-state index in [2.05, 4.69) is 12.2 Å². The van der Waals surface area contributed by atoms with Crippen LogP contribution in [0.15, 0.2) is 36.4 Å². The summed E-state index contributed by atoms with van der Waals surface area (Å²) in [5.74, 6) is -0.181. The molecule has 1 aromatic carbocycles.